The molecule has 1 aromatic carbocycles. The van der Waals surface area contributed by atoms with Crippen molar-refractivity contribution < 1.29 is 14.3 Å². The van der Waals surface area contributed by atoms with Crippen molar-refractivity contribution in [2.24, 2.45) is 0 Å². The predicted octanol–water partition coefficient (Wildman–Crippen LogP) is 1.95. The number of morpholine rings is 1. The molecule has 1 aromatic rings. The number of anilines is 1. The first-order chi connectivity index (χ1) is 10.9. The van der Waals surface area contributed by atoms with Crippen LogP contribution in [0.3, 0.4) is 0 Å². The van der Waals surface area contributed by atoms with Crippen LogP contribution in [0, 0.1) is 0 Å². The quantitative estimate of drug-likeness (QED) is 0.754. The molecule has 0 saturated carbocycles. The molecule has 1 fully saturated rings. The van der Waals surface area contributed by atoms with Gasteiger partial charge in [-0.05, 0) is 44.5 Å². The van der Waals surface area contributed by atoms with Gasteiger partial charge in [-0.15, -0.1) is 12.4 Å². The third-order valence-corrected chi connectivity index (χ3v) is 3.99. The minimum absolute atomic E-state index is 0. The highest BCUT2D eigenvalue weighted by Gasteiger charge is 2.21. The highest BCUT2D eigenvalue weighted by atomic mass is 35.5. The van der Waals surface area contributed by atoms with Gasteiger partial charge >= 0.3 is 0 Å². The minimum atomic E-state index is -0.336. The molecule has 0 bridgehead atoms. The van der Waals surface area contributed by atoms with Gasteiger partial charge in [0.1, 0.15) is 6.04 Å². The molecule has 0 aliphatic carbocycles. The average Bonchev–Trinajstić information content (AvgIpc) is 2.56. The maximum atomic E-state index is 12.2. The van der Waals surface area contributed by atoms with E-state index in [1.54, 1.807) is 24.3 Å². The molecule has 1 aliphatic heterocycles. The molecular formula is C17H26ClN3O3. The highest BCUT2D eigenvalue weighted by molar-refractivity contribution is 5.97. The summed E-state index contributed by atoms with van der Waals surface area (Å²) in [5.74, 6) is -0.244. The van der Waals surface area contributed by atoms with Crippen LogP contribution in [-0.2, 0) is 9.53 Å². The smallest absolute Gasteiger partial charge is 0.251 e. The summed E-state index contributed by atoms with van der Waals surface area (Å²) >= 11 is 0. The predicted molar refractivity (Wildman–Crippen MR) is 96.8 cm³/mol. The fraction of sp³-hybridized carbons (Fsp3) is 0.529. The van der Waals surface area contributed by atoms with Crippen LogP contribution in [0.25, 0.3) is 0 Å². The molecule has 0 radical (unpaired) electrons. The first kappa shape index (κ1) is 20.4. The van der Waals surface area contributed by atoms with Crippen molar-refractivity contribution in [3.8, 4) is 0 Å². The number of carbonyl (C=O) groups is 2. The lowest BCUT2D eigenvalue weighted by Gasteiger charge is -2.24. The number of hydrogen-bond donors (Lipinski definition) is 3. The van der Waals surface area contributed by atoms with Crippen LogP contribution in [0.5, 0.6) is 0 Å². The molecule has 1 heterocycles. The lowest BCUT2D eigenvalue weighted by atomic mass is 10.0. The zero-order valence-electron chi connectivity index (χ0n) is 14.3. The number of nitrogens with one attached hydrogen (secondary N) is 3. The van der Waals surface area contributed by atoms with Gasteiger partial charge in [0.05, 0.1) is 13.2 Å². The molecule has 1 aliphatic rings. The molecule has 7 heteroatoms. The fourth-order valence-corrected chi connectivity index (χ4v) is 2.14. The summed E-state index contributed by atoms with van der Waals surface area (Å²) in [4.78, 5) is 24.3. The first-order valence-electron chi connectivity index (χ1n) is 7.96. The molecular weight excluding hydrogens is 330 g/mol. The summed E-state index contributed by atoms with van der Waals surface area (Å²) in [5.41, 5.74) is 0.994. The normalized spacial score (nSPS) is 17.5. The Morgan fingerprint density at radius 3 is 2.50 bits per heavy atom. The number of halogens is 1. The Labute approximate surface area is 149 Å². The van der Waals surface area contributed by atoms with Gasteiger partial charge in [-0.1, -0.05) is 6.92 Å². The van der Waals surface area contributed by atoms with Crippen molar-refractivity contribution in [1.82, 2.24) is 10.6 Å². The number of ether oxygens (including phenoxy) is 1. The Morgan fingerprint density at radius 1 is 1.29 bits per heavy atom. The Bertz CT molecular complexity index is 555. The topological polar surface area (TPSA) is 79.5 Å². The second-order valence-electron chi connectivity index (χ2n) is 6.34. The Hall–Kier alpha value is -1.63. The third-order valence-electron chi connectivity index (χ3n) is 3.99. The molecule has 6 nitrogen and oxygen atoms in total. The van der Waals surface area contributed by atoms with Crippen LogP contribution >= 0.6 is 12.4 Å². The first-order valence-corrected chi connectivity index (χ1v) is 7.96. The van der Waals surface area contributed by atoms with Crippen LogP contribution in [0.4, 0.5) is 5.69 Å². The molecule has 1 unspecified atom stereocenters. The molecule has 24 heavy (non-hydrogen) atoms. The van der Waals surface area contributed by atoms with Crippen LogP contribution in [0.1, 0.15) is 37.6 Å². The van der Waals surface area contributed by atoms with Gasteiger partial charge < -0.3 is 20.7 Å². The molecule has 1 saturated heterocycles. The van der Waals surface area contributed by atoms with Gasteiger partial charge in [0.2, 0.25) is 5.91 Å². The van der Waals surface area contributed by atoms with Crippen LogP contribution < -0.4 is 16.0 Å². The number of rotatable bonds is 5. The largest absolute Gasteiger partial charge is 0.378 e. The number of hydrogen-bond acceptors (Lipinski definition) is 4. The molecule has 1 atom stereocenters. The van der Waals surface area contributed by atoms with E-state index < -0.39 is 0 Å². The van der Waals surface area contributed by atoms with E-state index in [4.69, 9.17) is 4.74 Å². The van der Waals surface area contributed by atoms with Gasteiger partial charge in [0.25, 0.3) is 5.91 Å². The molecule has 0 spiro atoms. The van der Waals surface area contributed by atoms with E-state index in [0.717, 1.165) is 6.42 Å². The zero-order chi connectivity index (χ0) is 16.9. The van der Waals surface area contributed by atoms with E-state index >= 15 is 0 Å². The zero-order valence-corrected chi connectivity index (χ0v) is 15.2. The van der Waals surface area contributed by atoms with E-state index in [9.17, 15) is 9.59 Å². The van der Waals surface area contributed by atoms with E-state index in [2.05, 4.69) is 16.0 Å². The summed E-state index contributed by atoms with van der Waals surface area (Å²) < 4.78 is 5.27. The van der Waals surface area contributed by atoms with Crippen LogP contribution in [0.15, 0.2) is 24.3 Å². The molecule has 3 N–H and O–H groups in total. The lowest BCUT2D eigenvalue weighted by molar-refractivity contribution is -0.120. The van der Waals surface area contributed by atoms with Gasteiger partial charge in [-0.2, -0.15) is 0 Å². The van der Waals surface area contributed by atoms with E-state index in [1.807, 2.05) is 20.8 Å². The molecule has 134 valence electrons. The van der Waals surface area contributed by atoms with Crippen molar-refractivity contribution in [1.29, 1.82) is 0 Å². The Kier molecular flexibility index (Phi) is 7.66. The summed E-state index contributed by atoms with van der Waals surface area (Å²) in [6.07, 6.45) is 0.851. The molecule has 2 amide bonds. The highest BCUT2D eigenvalue weighted by Crippen LogP contribution is 2.13. The minimum Gasteiger partial charge on any atom is -0.378 e. The number of carbonyl (C=O) groups excluding carboxylic acids is 2. The second-order valence-corrected chi connectivity index (χ2v) is 6.34. The van der Waals surface area contributed by atoms with Crippen molar-refractivity contribution in [2.75, 3.05) is 25.1 Å². The van der Waals surface area contributed by atoms with Crippen LogP contribution in [-0.4, -0.2) is 43.2 Å². The Morgan fingerprint density at radius 2 is 1.96 bits per heavy atom. The fourth-order valence-electron chi connectivity index (χ4n) is 2.14. The molecule has 0 aromatic heterocycles. The van der Waals surface area contributed by atoms with Gasteiger partial charge in [-0.3, -0.25) is 9.59 Å². The van der Waals surface area contributed by atoms with E-state index in [1.165, 1.54) is 0 Å². The van der Waals surface area contributed by atoms with Gasteiger partial charge in [0, 0.05) is 23.3 Å². The summed E-state index contributed by atoms with van der Waals surface area (Å²) in [7, 11) is 0. The lowest BCUT2D eigenvalue weighted by Crippen LogP contribution is -2.48. The monoisotopic (exact) mass is 355 g/mol. The SMILES string of the molecule is CCC(C)(C)NC(=O)c1ccc(NC(=O)C2COCCN2)cc1.Cl. The second kappa shape index (κ2) is 9.01. The Balaban J connectivity index is 0.00000288. The molecule has 2 rings (SSSR count). The van der Waals surface area contributed by atoms with Crippen molar-refractivity contribution in [3.63, 3.8) is 0 Å². The third kappa shape index (κ3) is 5.78. The average molecular weight is 356 g/mol. The maximum Gasteiger partial charge on any atom is 0.251 e. The van der Waals surface area contributed by atoms with Crippen molar-refractivity contribution >= 4 is 29.9 Å². The summed E-state index contributed by atoms with van der Waals surface area (Å²) in [6, 6.07) is 6.55. The van der Waals surface area contributed by atoms with Crippen LogP contribution in [0.2, 0.25) is 0 Å². The number of benzene rings is 1. The van der Waals surface area contributed by atoms with Crippen molar-refractivity contribution in [2.45, 2.75) is 38.8 Å². The van der Waals surface area contributed by atoms with E-state index in [-0.39, 0.29) is 35.8 Å². The van der Waals surface area contributed by atoms with Gasteiger partial charge in [-0.25, -0.2) is 0 Å². The number of amides is 2. The summed E-state index contributed by atoms with van der Waals surface area (Å²) in [6.45, 7) is 7.67. The standard InChI is InChI=1S/C17H25N3O3.ClH/c1-4-17(2,3)20-15(21)12-5-7-13(8-6-12)19-16(22)14-11-23-10-9-18-14;/h5-8,14,18H,4,9-11H2,1-3H3,(H,19,22)(H,20,21);1H. The van der Waals surface area contributed by atoms with Gasteiger partial charge in [0.15, 0.2) is 0 Å². The summed E-state index contributed by atoms with van der Waals surface area (Å²) in [5, 5.41) is 8.91. The van der Waals surface area contributed by atoms with Crippen molar-refractivity contribution in [3.05, 3.63) is 29.8 Å². The maximum absolute atomic E-state index is 12.2. The van der Waals surface area contributed by atoms with E-state index in [0.29, 0.717) is 31.0 Å².